The van der Waals surface area contributed by atoms with Gasteiger partial charge in [0.05, 0.1) is 0 Å². The molecule has 0 fully saturated rings. The first-order valence-electron chi connectivity index (χ1n) is 4.18. The maximum atomic E-state index is 5.74. The summed E-state index contributed by atoms with van der Waals surface area (Å²) in [6.45, 7) is 3.74. The fourth-order valence-corrected chi connectivity index (χ4v) is 1.46. The molecule has 0 aliphatic carbocycles. The minimum absolute atomic E-state index is 0.444. The van der Waals surface area contributed by atoms with Crippen molar-refractivity contribution in [3.05, 3.63) is 16.7 Å². The average Bonchev–Trinajstić information content (AvgIpc) is 2.07. The molecule has 4 nitrogen and oxygen atoms in total. The molecule has 1 aliphatic rings. The summed E-state index contributed by atoms with van der Waals surface area (Å²) in [4.78, 5) is 8.27. The number of fused-ring (bicyclic) bond motifs is 1. The number of nitrogens with two attached hydrogens (primary N) is 1. The Morgan fingerprint density at radius 3 is 2.93 bits per heavy atom. The van der Waals surface area contributed by atoms with Crippen LogP contribution in [0.1, 0.15) is 13.8 Å². The van der Waals surface area contributed by atoms with Gasteiger partial charge in [0, 0.05) is 10.7 Å². The Morgan fingerprint density at radius 1 is 1.50 bits per heavy atom. The van der Waals surface area contributed by atoms with Crippen molar-refractivity contribution in [3.8, 4) is 5.75 Å². The van der Waals surface area contributed by atoms with E-state index in [0.717, 1.165) is 4.47 Å². The molecule has 1 aliphatic heterocycles. The van der Waals surface area contributed by atoms with Crippen LogP contribution in [0.25, 0.3) is 0 Å². The highest BCUT2D eigenvalue weighted by molar-refractivity contribution is 9.10. The number of hydrogen-bond acceptors (Lipinski definition) is 4. The lowest BCUT2D eigenvalue weighted by atomic mass is 10.1. The van der Waals surface area contributed by atoms with Crippen LogP contribution in [0, 0.1) is 0 Å². The fourth-order valence-electron chi connectivity index (χ4n) is 1.15. The molecule has 5 heteroatoms. The van der Waals surface area contributed by atoms with Crippen LogP contribution in [-0.4, -0.2) is 16.4 Å². The first kappa shape index (κ1) is 9.45. The van der Waals surface area contributed by atoms with Crippen LogP contribution >= 0.6 is 15.9 Å². The standard InChI is InChI=1S/C9H10BrN3O/c1-9(2)8(11)13-7-6(14-9)3-5(10)4-12-7/h3-4H,1-2H3,(H2,11,12,13). The summed E-state index contributed by atoms with van der Waals surface area (Å²) >= 11 is 3.32. The zero-order valence-electron chi connectivity index (χ0n) is 7.91. The minimum Gasteiger partial charge on any atom is -0.476 e. The molecule has 74 valence electrons. The zero-order chi connectivity index (χ0) is 10.3. The molecular weight excluding hydrogens is 246 g/mol. The average molecular weight is 256 g/mol. The molecular formula is C9H10BrN3O. The Morgan fingerprint density at radius 2 is 2.21 bits per heavy atom. The summed E-state index contributed by atoms with van der Waals surface area (Å²) in [5.74, 6) is 1.63. The number of aliphatic imine (C=N–C) groups is 1. The third kappa shape index (κ3) is 1.48. The lowest BCUT2D eigenvalue weighted by Gasteiger charge is -2.29. The van der Waals surface area contributed by atoms with E-state index in [-0.39, 0.29) is 0 Å². The lowest BCUT2D eigenvalue weighted by molar-refractivity contribution is 0.176. The zero-order valence-corrected chi connectivity index (χ0v) is 9.50. The largest absolute Gasteiger partial charge is 0.476 e. The van der Waals surface area contributed by atoms with Gasteiger partial charge in [-0.25, -0.2) is 9.98 Å². The van der Waals surface area contributed by atoms with Crippen molar-refractivity contribution in [2.75, 3.05) is 0 Å². The third-order valence-corrected chi connectivity index (χ3v) is 2.44. The van der Waals surface area contributed by atoms with Crippen molar-refractivity contribution in [2.45, 2.75) is 19.4 Å². The maximum Gasteiger partial charge on any atom is 0.196 e. The number of pyridine rings is 1. The highest BCUT2D eigenvalue weighted by atomic mass is 79.9. The van der Waals surface area contributed by atoms with Crippen molar-refractivity contribution < 1.29 is 4.74 Å². The van der Waals surface area contributed by atoms with Gasteiger partial charge in [-0.3, -0.25) is 0 Å². The van der Waals surface area contributed by atoms with E-state index < -0.39 is 5.60 Å². The molecule has 0 saturated carbocycles. The summed E-state index contributed by atoms with van der Waals surface area (Å²) < 4.78 is 6.53. The Labute approximate surface area is 90.3 Å². The Bertz CT molecular complexity index is 415. The Kier molecular flexibility index (Phi) is 1.99. The van der Waals surface area contributed by atoms with Gasteiger partial charge in [-0.1, -0.05) is 0 Å². The normalized spacial score (nSPS) is 18.1. The molecule has 0 atom stereocenters. The second-order valence-corrected chi connectivity index (χ2v) is 4.50. The van der Waals surface area contributed by atoms with E-state index in [1.54, 1.807) is 6.20 Å². The first-order valence-corrected chi connectivity index (χ1v) is 4.97. The van der Waals surface area contributed by atoms with Gasteiger partial charge < -0.3 is 10.5 Å². The molecule has 1 aromatic heterocycles. The van der Waals surface area contributed by atoms with Gasteiger partial charge in [-0.05, 0) is 35.8 Å². The molecule has 1 aromatic rings. The predicted octanol–water partition coefficient (Wildman–Crippen LogP) is 2.00. The highest BCUT2D eigenvalue weighted by Crippen LogP contribution is 2.34. The van der Waals surface area contributed by atoms with E-state index in [0.29, 0.717) is 17.4 Å². The van der Waals surface area contributed by atoms with Gasteiger partial charge in [0.1, 0.15) is 5.84 Å². The summed E-state index contributed by atoms with van der Waals surface area (Å²) in [6, 6.07) is 1.83. The van der Waals surface area contributed by atoms with Crippen LogP contribution in [0.4, 0.5) is 5.82 Å². The van der Waals surface area contributed by atoms with E-state index in [4.69, 9.17) is 10.5 Å². The number of amidine groups is 1. The topological polar surface area (TPSA) is 60.5 Å². The second kappa shape index (κ2) is 2.95. The molecule has 14 heavy (non-hydrogen) atoms. The number of ether oxygens (including phenoxy) is 1. The third-order valence-electron chi connectivity index (χ3n) is 2.01. The lowest BCUT2D eigenvalue weighted by Crippen LogP contribution is -2.45. The van der Waals surface area contributed by atoms with Crippen molar-refractivity contribution in [1.82, 2.24) is 4.98 Å². The van der Waals surface area contributed by atoms with E-state index in [9.17, 15) is 0 Å². The monoisotopic (exact) mass is 255 g/mol. The van der Waals surface area contributed by atoms with E-state index >= 15 is 0 Å². The molecule has 2 heterocycles. The van der Waals surface area contributed by atoms with Crippen LogP contribution < -0.4 is 10.5 Å². The summed E-state index contributed by atoms with van der Waals surface area (Å²) in [6.07, 6.45) is 1.66. The molecule has 0 spiro atoms. The number of rotatable bonds is 0. The van der Waals surface area contributed by atoms with Crippen molar-refractivity contribution >= 4 is 27.6 Å². The summed E-state index contributed by atoms with van der Waals surface area (Å²) in [5.41, 5.74) is 5.18. The van der Waals surface area contributed by atoms with Gasteiger partial charge in [0.25, 0.3) is 0 Å². The molecule has 0 saturated heterocycles. The number of hydrogen-bond donors (Lipinski definition) is 1. The van der Waals surface area contributed by atoms with Gasteiger partial charge in [-0.2, -0.15) is 0 Å². The highest BCUT2D eigenvalue weighted by Gasteiger charge is 2.30. The van der Waals surface area contributed by atoms with Gasteiger partial charge in [0.2, 0.25) is 0 Å². The molecule has 0 bridgehead atoms. The van der Waals surface area contributed by atoms with E-state index in [1.807, 2.05) is 19.9 Å². The maximum absolute atomic E-state index is 5.74. The summed E-state index contributed by atoms with van der Waals surface area (Å²) in [7, 11) is 0. The van der Waals surface area contributed by atoms with Crippen molar-refractivity contribution in [3.63, 3.8) is 0 Å². The van der Waals surface area contributed by atoms with Gasteiger partial charge >= 0.3 is 0 Å². The second-order valence-electron chi connectivity index (χ2n) is 3.58. The predicted molar refractivity (Wildman–Crippen MR) is 57.9 cm³/mol. The first-order chi connectivity index (χ1) is 6.49. The van der Waals surface area contributed by atoms with Crippen LogP contribution in [0.5, 0.6) is 5.75 Å². The van der Waals surface area contributed by atoms with Crippen LogP contribution in [-0.2, 0) is 0 Å². The quantitative estimate of drug-likeness (QED) is 0.772. The Hall–Kier alpha value is -1.10. The van der Waals surface area contributed by atoms with Crippen LogP contribution in [0.15, 0.2) is 21.7 Å². The van der Waals surface area contributed by atoms with Gasteiger partial charge in [-0.15, -0.1) is 0 Å². The number of aromatic nitrogens is 1. The van der Waals surface area contributed by atoms with Crippen molar-refractivity contribution in [2.24, 2.45) is 10.7 Å². The fraction of sp³-hybridized carbons (Fsp3) is 0.333. The molecule has 0 unspecified atom stereocenters. The van der Waals surface area contributed by atoms with Gasteiger partial charge in [0.15, 0.2) is 17.2 Å². The minimum atomic E-state index is -0.560. The molecule has 0 amide bonds. The van der Waals surface area contributed by atoms with Crippen LogP contribution in [0.2, 0.25) is 0 Å². The summed E-state index contributed by atoms with van der Waals surface area (Å²) in [5, 5.41) is 0. The molecule has 2 rings (SSSR count). The molecule has 0 aromatic carbocycles. The van der Waals surface area contributed by atoms with Crippen LogP contribution in [0.3, 0.4) is 0 Å². The Balaban J connectivity index is 2.54. The number of nitrogens with zero attached hydrogens (tertiary/aromatic N) is 2. The van der Waals surface area contributed by atoms with Crippen molar-refractivity contribution in [1.29, 1.82) is 0 Å². The van der Waals surface area contributed by atoms with E-state index in [1.165, 1.54) is 0 Å². The number of halogens is 1. The molecule has 2 N–H and O–H groups in total. The van der Waals surface area contributed by atoms with E-state index in [2.05, 4.69) is 25.9 Å². The SMILES string of the molecule is CC1(C)Oc2cc(Br)cnc2N=C1N. The smallest absolute Gasteiger partial charge is 0.196 e. The molecule has 0 radical (unpaired) electrons.